The zero-order valence-corrected chi connectivity index (χ0v) is 8.66. The van der Waals surface area contributed by atoms with E-state index >= 15 is 0 Å². The van der Waals surface area contributed by atoms with Gasteiger partial charge in [0.25, 0.3) is 5.91 Å². The van der Waals surface area contributed by atoms with Crippen LogP contribution in [0.15, 0.2) is 24.3 Å². The van der Waals surface area contributed by atoms with Gasteiger partial charge in [-0.3, -0.25) is 10.0 Å². The molecule has 1 aromatic rings. The van der Waals surface area contributed by atoms with Crippen molar-refractivity contribution in [3.05, 3.63) is 35.4 Å². The molecule has 1 amide bonds. The van der Waals surface area contributed by atoms with Crippen LogP contribution in [0.5, 0.6) is 0 Å². The number of hydrogen-bond donors (Lipinski definition) is 2. The van der Waals surface area contributed by atoms with E-state index in [0.29, 0.717) is 5.56 Å². The Bertz CT molecular complexity index is 322. The first-order valence-electron chi connectivity index (χ1n) is 4.50. The van der Waals surface area contributed by atoms with Crippen LogP contribution in [-0.2, 0) is 5.41 Å². The zero-order valence-electron chi connectivity index (χ0n) is 8.66. The van der Waals surface area contributed by atoms with E-state index in [9.17, 15) is 4.79 Å². The minimum Gasteiger partial charge on any atom is -0.288 e. The second-order valence-electron chi connectivity index (χ2n) is 4.27. The second-order valence-corrected chi connectivity index (χ2v) is 4.27. The molecule has 0 saturated heterocycles. The molecule has 0 aromatic heterocycles. The summed E-state index contributed by atoms with van der Waals surface area (Å²) in [6.07, 6.45) is 0. The van der Waals surface area contributed by atoms with Gasteiger partial charge in [-0.15, -0.1) is 0 Å². The second kappa shape index (κ2) is 3.80. The first-order valence-corrected chi connectivity index (χ1v) is 4.50. The van der Waals surface area contributed by atoms with Gasteiger partial charge in [-0.2, -0.15) is 0 Å². The summed E-state index contributed by atoms with van der Waals surface area (Å²) in [7, 11) is 0. The van der Waals surface area contributed by atoms with Gasteiger partial charge in [-0.05, 0) is 23.1 Å². The van der Waals surface area contributed by atoms with Gasteiger partial charge < -0.3 is 0 Å². The smallest absolute Gasteiger partial charge is 0.274 e. The number of rotatable bonds is 1. The maximum atomic E-state index is 11.0. The first kappa shape index (κ1) is 10.7. The minimum atomic E-state index is -0.481. The number of hydroxylamine groups is 1. The third-order valence-electron chi connectivity index (χ3n) is 2.11. The van der Waals surface area contributed by atoms with E-state index < -0.39 is 5.91 Å². The van der Waals surface area contributed by atoms with Gasteiger partial charge in [0, 0.05) is 5.56 Å². The Morgan fingerprint density at radius 2 is 1.71 bits per heavy atom. The van der Waals surface area contributed by atoms with Crippen LogP contribution in [0.25, 0.3) is 0 Å². The fraction of sp³-hybridized carbons (Fsp3) is 0.364. The van der Waals surface area contributed by atoms with Crippen LogP contribution >= 0.6 is 0 Å². The molecule has 3 nitrogen and oxygen atoms in total. The number of nitrogens with one attached hydrogen (secondary N) is 1. The summed E-state index contributed by atoms with van der Waals surface area (Å²) < 4.78 is 0. The third-order valence-corrected chi connectivity index (χ3v) is 2.11. The van der Waals surface area contributed by atoms with Gasteiger partial charge in [0.2, 0.25) is 0 Å². The average molecular weight is 193 g/mol. The lowest BCUT2D eigenvalue weighted by atomic mass is 9.87. The van der Waals surface area contributed by atoms with Gasteiger partial charge in [-0.1, -0.05) is 32.9 Å². The van der Waals surface area contributed by atoms with Crippen molar-refractivity contribution in [2.45, 2.75) is 26.2 Å². The summed E-state index contributed by atoms with van der Waals surface area (Å²) in [5, 5.41) is 8.42. The van der Waals surface area contributed by atoms with Gasteiger partial charge in [0.05, 0.1) is 0 Å². The number of carbonyl (C=O) groups excluding carboxylic acids is 1. The molecule has 0 spiro atoms. The number of carbonyl (C=O) groups is 1. The highest BCUT2D eigenvalue weighted by molar-refractivity contribution is 5.93. The van der Waals surface area contributed by atoms with Crippen LogP contribution in [0, 0.1) is 0 Å². The molecule has 0 aliphatic heterocycles. The van der Waals surface area contributed by atoms with E-state index in [2.05, 4.69) is 20.8 Å². The SMILES string of the molecule is CC(C)(C)c1ccc(C(=O)NO)cc1. The van der Waals surface area contributed by atoms with Crippen LogP contribution in [0.2, 0.25) is 0 Å². The third kappa shape index (κ3) is 2.33. The Morgan fingerprint density at radius 1 is 1.21 bits per heavy atom. The van der Waals surface area contributed by atoms with E-state index in [0.717, 1.165) is 5.56 Å². The van der Waals surface area contributed by atoms with Crippen molar-refractivity contribution < 1.29 is 10.0 Å². The summed E-state index contributed by atoms with van der Waals surface area (Å²) >= 11 is 0. The maximum Gasteiger partial charge on any atom is 0.274 e. The molecule has 0 atom stereocenters. The molecule has 1 aromatic carbocycles. The van der Waals surface area contributed by atoms with Crippen LogP contribution < -0.4 is 5.48 Å². The van der Waals surface area contributed by atoms with Gasteiger partial charge in [0.1, 0.15) is 0 Å². The lowest BCUT2D eigenvalue weighted by Gasteiger charge is -2.18. The molecule has 76 valence electrons. The van der Waals surface area contributed by atoms with E-state index in [4.69, 9.17) is 5.21 Å². The standard InChI is InChI=1S/C11H15NO2/c1-11(2,3)9-6-4-8(5-7-9)10(13)12-14/h4-7,14H,1-3H3,(H,12,13). The van der Waals surface area contributed by atoms with E-state index in [-0.39, 0.29) is 5.41 Å². The number of amides is 1. The van der Waals surface area contributed by atoms with Crippen LogP contribution in [0.3, 0.4) is 0 Å². The molecular weight excluding hydrogens is 178 g/mol. The first-order chi connectivity index (χ1) is 6.45. The molecule has 0 saturated carbocycles. The summed E-state index contributed by atoms with van der Waals surface area (Å²) in [4.78, 5) is 11.0. The Morgan fingerprint density at radius 3 is 2.07 bits per heavy atom. The predicted octanol–water partition coefficient (Wildman–Crippen LogP) is 2.10. The fourth-order valence-electron chi connectivity index (χ4n) is 1.19. The van der Waals surface area contributed by atoms with E-state index in [1.807, 2.05) is 12.1 Å². The molecule has 0 aliphatic rings. The minimum absolute atomic E-state index is 0.0776. The molecule has 14 heavy (non-hydrogen) atoms. The highest BCUT2D eigenvalue weighted by atomic mass is 16.5. The quantitative estimate of drug-likeness (QED) is 0.530. The molecule has 2 N–H and O–H groups in total. The van der Waals surface area contributed by atoms with Crippen LogP contribution in [0.4, 0.5) is 0 Å². The summed E-state index contributed by atoms with van der Waals surface area (Å²) in [5.74, 6) is -0.481. The van der Waals surface area contributed by atoms with E-state index in [1.54, 1.807) is 17.6 Å². The average Bonchev–Trinajstić information content (AvgIpc) is 2.15. The Balaban J connectivity index is 2.95. The molecule has 0 fully saturated rings. The van der Waals surface area contributed by atoms with Crippen molar-refractivity contribution >= 4 is 5.91 Å². The Kier molecular flexibility index (Phi) is 2.91. The molecule has 3 heteroatoms. The lowest BCUT2D eigenvalue weighted by molar-refractivity contribution is 0.0706. The highest BCUT2D eigenvalue weighted by Crippen LogP contribution is 2.21. The molecule has 0 radical (unpaired) electrons. The van der Waals surface area contributed by atoms with Crippen LogP contribution in [-0.4, -0.2) is 11.1 Å². The fourth-order valence-corrected chi connectivity index (χ4v) is 1.19. The van der Waals surface area contributed by atoms with Crippen molar-refractivity contribution in [1.82, 2.24) is 5.48 Å². The lowest BCUT2D eigenvalue weighted by Crippen LogP contribution is -2.19. The molecule has 0 unspecified atom stereocenters. The number of benzene rings is 1. The van der Waals surface area contributed by atoms with Crippen molar-refractivity contribution in [3.63, 3.8) is 0 Å². The van der Waals surface area contributed by atoms with Crippen molar-refractivity contribution in [2.75, 3.05) is 0 Å². The van der Waals surface area contributed by atoms with Gasteiger partial charge in [0.15, 0.2) is 0 Å². The van der Waals surface area contributed by atoms with Crippen molar-refractivity contribution in [3.8, 4) is 0 Å². The normalized spacial score (nSPS) is 11.1. The summed E-state index contributed by atoms with van der Waals surface area (Å²) in [6, 6.07) is 7.19. The monoisotopic (exact) mass is 193 g/mol. The topological polar surface area (TPSA) is 49.3 Å². The van der Waals surface area contributed by atoms with Gasteiger partial charge in [-0.25, -0.2) is 5.48 Å². The van der Waals surface area contributed by atoms with Crippen LogP contribution in [0.1, 0.15) is 36.7 Å². The highest BCUT2D eigenvalue weighted by Gasteiger charge is 2.13. The number of hydrogen-bond acceptors (Lipinski definition) is 2. The van der Waals surface area contributed by atoms with E-state index in [1.165, 1.54) is 0 Å². The van der Waals surface area contributed by atoms with Gasteiger partial charge >= 0.3 is 0 Å². The predicted molar refractivity (Wildman–Crippen MR) is 54.4 cm³/mol. The van der Waals surface area contributed by atoms with Crippen molar-refractivity contribution in [2.24, 2.45) is 0 Å². The molecule has 0 aliphatic carbocycles. The largest absolute Gasteiger partial charge is 0.288 e. The Labute approximate surface area is 83.7 Å². The molecular formula is C11H15NO2. The molecule has 0 heterocycles. The summed E-state index contributed by atoms with van der Waals surface area (Å²) in [5.41, 5.74) is 3.30. The maximum absolute atomic E-state index is 11.0. The van der Waals surface area contributed by atoms with Crippen molar-refractivity contribution in [1.29, 1.82) is 0 Å². The molecule has 1 rings (SSSR count). The zero-order chi connectivity index (χ0) is 10.8. The summed E-state index contributed by atoms with van der Waals surface area (Å²) in [6.45, 7) is 6.32. The Hall–Kier alpha value is -1.35. The molecule has 0 bridgehead atoms.